The molecule has 1 aliphatic rings. The molecule has 7 heteroatoms. The van der Waals surface area contributed by atoms with E-state index in [1.165, 1.54) is 6.42 Å². The topological polar surface area (TPSA) is 84.0 Å². The second-order valence-electron chi connectivity index (χ2n) is 6.63. The zero-order valence-corrected chi connectivity index (χ0v) is 14.9. The van der Waals surface area contributed by atoms with Crippen LogP contribution in [-0.4, -0.2) is 57.0 Å². The van der Waals surface area contributed by atoms with Crippen molar-refractivity contribution in [2.75, 3.05) is 33.3 Å². The van der Waals surface area contributed by atoms with Gasteiger partial charge in [0.15, 0.2) is 5.96 Å². The number of amides is 1. The molecule has 3 N–H and O–H groups in total. The van der Waals surface area contributed by atoms with Gasteiger partial charge >= 0.3 is 6.09 Å². The number of rotatable bonds is 7. The van der Waals surface area contributed by atoms with Crippen molar-refractivity contribution in [1.82, 2.24) is 16.0 Å². The van der Waals surface area contributed by atoms with Crippen molar-refractivity contribution in [2.24, 2.45) is 4.99 Å². The molecule has 1 atom stereocenters. The van der Waals surface area contributed by atoms with Crippen LogP contribution in [0.4, 0.5) is 4.79 Å². The first-order valence-electron chi connectivity index (χ1n) is 8.43. The molecule has 0 aromatic rings. The maximum Gasteiger partial charge on any atom is 0.407 e. The number of carbonyl (C=O) groups is 1. The Bertz CT molecular complexity index is 374. The van der Waals surface area contributed by atoms with E-state index in [9.17, 15) is 4.79 Å². The molecule has 0 spiro atoms. The molecule has 1 amide bonds. The quantitative estimate of drug-likeness (QED) is 0.376. The zero-order chi connectivity index (χ0) is 17.1. The first kappa shape index (κ1) is 19.5. The van der Waals surface area contributed by atoms with E-state index in [1.54, 1.807) is 7.05 Å². The van der Waals surface area contributed by atoms with Crippen LogP contribution in [0.15, 0.2) is 4.99 Å². The number of aliphatic imine (C=N–C) groups is 1. The van der Waals surface area contributed by atoms with Crippen LogP contribution in [0.5, 0.6) is 0 Å². The van der Waals surface area contributed by atoms with Crippen LogP contribution in [0, 0.1) is 0 Å². The Morgan fingerprint density at radius 3 is 2.52 bits per heavy atom. The van der Waals surface area contributed by atoms with Crippen LogP contribution in [0.2, 0.25) is 0 Å². The zero-order valence-electron chi connectivity index (χ0n) is 14.9. The fraction of sp³-hybridized carbons (Fsp3) is 0.875. The van der Waals surface area contributed by atoms with Gasteiger partial charge < -0.3 is 25.4 Å². The Balaban J connectivity index is 2.02. The summed E-state index contributed by atoms with van der Waals surface area (Å²) in [5.74, 6) is 0.778. The summed E-state index contributed by atoms with van der Waals surface area (Å²) in [4.78, 5) is 15.7. The second kappa shape index (κ2) is 10.3. The molecule has 0 saturated carbocycles. The lowest BCUT2D eigenvalue weighted by molar-refractivity contribution is 0.0527. The fourth-order valence-electron chi connectivity index (χ4n) is 2.24. The molecule has 134 valence electrons. The van der Waals surface area contributed by atoms with Gasteiger partial charge in [0, 0.05) is 33.3 Å². The molecule has 23 heavy (non-hydrogen) atoms. The second-order valence-corrected chi connectivity index (χ2v) is 6.63. The average Bonchev–Trinajstić information content (AvgIpc) is 2.96. The van der Waals surface area contributed by atoms with Crippen LogP contribution in [0.25, 0.3) is 0 Å². The minimum atomic E-state index is -0.461. The molecule has 0 aromatic carbocycles. The van der Waals surface area contributed by atoms with Gasteiger partial charge in [-0.3, -0.25) is 4.99 Å². The third-order valence-electron chi connectivity index (χ3n) is 3.32. The standard InChI is InChI=1S/C16H32N4O3/c1-16(2,3)23-15(21)20-10-6-9-18-14(17-4)19-11-8-13-7-5-12-22-13/h13H,5-12H2,1-4H3,(H,20,21)(H2,17,18,19). The van der Waals surface area contributed by atoms with Crippen molar-refractivity contribution < 1.29 is 14.3 Å². The lowest BCUT2D eigenvalue weighted by Gasteiger charge is -2.19. The summed E-state index contributed by atoms with van der Waals surface area (Å²) in [7, 11) is 1.75. The first-order chi connectivity index (χ1) is 10.9. The third kappa shape index (κ3) is 9.99. The first-order valence-corrected chi connectivity index (χ1v) is 8.43. The maximum atomic E-state index is 11.5. The van der Waals surface area contributed by atoms with Crippen molar-refractivity contribution in [3.63, 3.8) is 0 Å². The SMILES string of the molecule is CN=C(NCCCNC(=O)OC(C)(C)C)NCCC1CCCO1. The van der Waals surface area contributed by atoms with Gasteiger partial charge in [-0.2, -0.15) is 0 Å². The molecule has 7 nitrogen and oxygen atoms in total. The number of carbonyl (C=O) groups excluding carboxylic acids is 1. The minimum Gasteiger partial charge on any atom is -0.444 e. The Kier molecular flexibility index (Phi) is 8.76. The fourth-order valence-corrected chi connectivity index (χ4v) is 2.24. The summed E-state index contributed by atoms with van der Waals surface area (Å²) in [6.45, 7) is 8.58. The Labute approximate surface area is 139 Å². The van der Waals surface area contributed by atoms with Crippen LogP contribution < -0.4 is 16.0 Å². The Morgan fingerprint density at radius 2 is 1.91 bits per heavy atom. The maximum absolute atomic E-state index is 11.5. The van der Waals surface area contributed by atoms with E-state index < -0.39 is 5.60 Å². The molecule has 1 aliphatic heterocycles. The van der Waals surface area contributed by atoms with Gasteiger partial charge in [0.1, 0.15) is 5.60 Å². The average molecular weight is 328 g/mol. The molecule has 1 unspecified atom stereocenters. The van der Waals surface area contributed by atoms with E-state index in [0.29, 0.717) is 12.6 Å². The number of hydrogen-bond donors (Lipinski definition) is 3. The number of alkyl carbamates (subject to hydrolysis) is 1. The van der Waals surface area contributed by atoms with Crippen molar-refractivity contribution in [3.05, 3.63) is 0 Å². The molecule has 0 radical (unpaired) electrons. The van der Waals surface area contributed by atoms with E-state index in [0.717, 1.165) is 44.9 Å². The number of hydrogen-bond acceptors (Lipinski definition) is 4. The Morgan fingerprint density at radius 1 is 1.22 bits per heavy atom. The number of guanidine groups is 1. The molecule has 1 saturated heterocycles. The summed E-state index contributed by atoms with van der Waals surface area (Å²) in [6.07, 6.45) is 4.13. The summed E-state index contributed by atoms with van der Waals surface area (Å²) < 4.78 is 10.8. The van der Waals surface area contributed by atoms with E-state index in [2.05, 4.69) is 20.9 Å². The van der Waals surface area contributed by atoms with E-state index in [1.807, 2.05) is 20.8 Å². The molecule has 1 fully saturated rings. The van der Waals surface area contributed by atoms with Gasteiger partial charge in [0.2, 0.25) is 0 Å². The van der Waals surface area contributed by atoms with Crippen molar-refractivity contribution in [3.8, 4) is 0 Å². The Hall–Kier alpha value is -1.50. The largest absolute Gasteiger partial charge is 0.444 e. The molecule has 0 aromatic heterocycles. The lowest BCUT2D eigenvalue weighted by Crippen LogP contribution is -2.40. The molecule has 1 heterocycles. The summed E-state index contributed by atoms with van der Waals surface area (Å²) in [5, 5.41) is 9.23. The summed E-state index contributed by atoms with van der Waals surface area (Å²) in [6, 6.07) is 0. The van der Waals surface area contributed by atoms with Crippen LogP contribution >= 0.6 is 0 Å². The summed E-state index contributed by atoms with van der Waals surface area (Å²) in [5.41, 5.74) is -0.461. The number of nitrogens with zero attached hydrogens (tertiary/aromatic N) is 1. The monoisotopic (exact) mass is 328 g/mol. The van der Waals surface area contributed by atoms with E-state index in [4.69, 9.17) is 9.47 Å². The molecule has 0 bridgehead atoms. The van der Waals surface area contributed by atoms with Crippen LogP contribution in [0.1, 0.15) is 46.5 Å². The third-order valence-corrected chi connectivity index (χ3v) is 3.32. The highest BCUT2D eigenvalue weighted by Gasteiger charge is 2.16. The van der Waals surface area contributed by atoms with E-state index >= 15 is 0 Å². The van der Waals surface area contributed by atoms with Gasteiger partial charge in [0.05, 0.1) is 6.10 Å². The van der Waals surface area contributed by atoms with Crippen molar-refractivity contribution in [2.45, 2.75) is 58.2 Å². The van der Waals surface area contributed by atoms with Gasteiger partial charge in [-0.25, -0.2) is 4.79 Å². The predicted molar refractivity (Wildman–Crippen MR) is 91.8 cm³/mol. The van der Waals surface area contributed by atoms with Gasteiger partial charge in [-0.1, -0.05) is 0 Å². The highest BCUT2D eigenvalue weighted by atomic mass is 16.6. The van der Waals surface area contributed by atoms with Gasteiger partial charge in [-0.15, -0.1) is 0 Å². The normalized spacial score (nSPS) is 18.6. The molecular weight excluding hydrogens is 296 g/mol. The molecular formula is C16H32N4O3. The smallest absolute Gasteiger partial charge is 0.407 e. The van der Waals surface area contributed by atoms with Crippen LogP contribution in [0.3, 0.4) is 0 Å². The highest BCUT2D eigenvalue weighted by molar-refractivity contribution is 5.79. The van der Waals surface area contributed by atoms with Crippen molar-refractivity contribution in [1.29, 1.82) is 0 Å². The number of ether oxygens (including phenoxy) is 2. The van der Waals surface area contributed by atoms with Gasteiger partial charge in [-0.05, 0) is 46.5 Å². The van der Waals surface area contributed by atoms with Crippen molar-refractivity contribution >= 4 is 12.1 Å². The highest BCUT2D eigenvalue weighted by Crippen LogP contribution is 2.14. The minimum absolute atomic E-state index is 0.378. The molecule has 1 rings (SSSR count). The lowest BCUT2D eigenvalue weighted by atomic mass is 10.2. The summed E-state index contributed by atoms with van der Waals surface area (Å²) >= 11 is 0. The van der Waals surface area contributed by atoms with E-state index in [-0.39, 0.29) is 6.09 Å². The predicted octanol–water partition coefficient (Wildman–Crippen LogP) is 1.64. The van der Waals surface area contributed by atoms with Gasteiger partial charge in [0.25, 0.3) is 0 Å². The molecule has 0 aliphatic carbocycles. The van der Waals surface area contributed by atoms with Crippen LogP contribution in [-0.2, 0) is 9.47 Å². The number of nitrogens with one attached hydrogen (secondary N) is 3.